The van der Waals surface area contributed by atoms with Gasteiger partial charge in [0.1, 0.15) is 0 Å². The number of nitrogens with one attached hydrogen (secondary N) is 1. The number of anilines is 1. The number of benzene rings is 1. The molecule has 0 aliphatic heterocycles. The molecular weight excluding hydrogens is 271 g/mol. The van der Waals surface area contributed by atoms with Crippen LogP contribution < -0.4 is 5.32 Å². The summed E-state index contributed by atoms with van der Waals surface area (Å²) in [7, 11) is 0. The van der Waals surface area contributed by atoms with Crippen molar-refractivity contribution in [1.82, 2.24) is 0 Å². The number of hydrogen-bond acceptors (Lipinski definition) is 2. The molecular formula is C14H16F3NO2. The molecule has 1 aromatic carbocycles. The summed E-state index contributed by atoms with van der Waals surface area (Å²) in [6.07, 6.45) is -0.0268. The lowest BCUT2D eigenvalue weighted by Crippen LogP contribution is -2.17. The van der Waals surface area contributed by atoms with Crippen LogP contribution in [0.1, 0.15) is 41.6 Å². The lowest BCUT2D eigenvalue weighted by Gasteiger charge is -2.25. The van der Waals surface area contributed by atoms with E-state index in [9.17, 15) is 18.0 Å². The minimum absolute atomic E-state index is 0.241. The van der Waals surface area contributed by atoms with Crippen molar-refractivity contribution < 1.29 is 23.1 Å². The van der Waals surface area contributed by atoms with Gasteiger partial charge >= 0.3 is 12.1 Å². The van der Waals surface area contributed by atoms with Gasteiger partial charge in [-0.05, 0) is 30.5 Å². The molecule has 3 nitrogen and oxygen atoms in total. The molecule has 0 unspecified atom stereocenters. The molecule has 2 rings (SSSR count). The Morgan fingerprint density at radius 2 is 2.05 bits per heavy atom. The molecule has 1 aliphatic carbocycles. The van der Waals surface area contributed by atoms with Gasteiger partial charge in [-0.15, -0.1) is 0 Å². The fourth-order valence-corrected chi connectivity index (χ4v) is 2.24. The molecule has 0 amide bonds. The third kappa shape index (κ3) is 3.43. The van der Waals surface area contributed by atoms with Crippen molar-refractivity contribution in [3.8, 4) is 0 Å². The van der Waals surface area contributed by atoms with Crippen LogP contribution in [0, 0.1) is 5.92 Å². The molecule has 1 fully saturated rings. The van der Waals surface area contributed by atoms with Crippen molar-refractivity contribution in [2.45, 2.75) is 31.9 Å². The van der Waals surface area contributed by atoms with Crippen LogP contribution in [0.3, 0.4) is 0 Å². The van der Waals surface area contributed by atoms with Crippen LogP contribution >= 0.6 is 0 Å². The summed E-state index contributed by atoms with van der Waals surface area (Å²) in [5.74, 6) is -0.701. The summed E-state index contributed by atoms with van der Waals surface area (Å²) in [6, 6.07) is 2.76. The third-order valence-corrected chi connectivity index (χ3v) is 3.67. The van der Waals surface area contributed by atoms with Gasteiger partial charge in [-0.3, -0.25) is 0 Å². The van der Waals surface area contributed by atoms with Gasteiger partial charge in [-0.25, -0.2) is 4.79 Å². The second-order valence-electron chi connectivity index (χ2n) is 5.08. The topological polar surface area (TPSA) is 49.3 Å². The number of carboxylic acid groups (broad SMARTS) is 1. The molecule has 20 heavy (non-hydrogen) atoms. The molecule has 1 aliphatic rings. The zero-order chi connectivity index (χ0) is 14.8. The lowest BCUT2D eigenvalue weighted by atomic mass is 9.83. The number of halogens is 3. The molecule has 0 heterocycles. The first kappa shape index (κ1) is 14.7. The van der Waals surface area contributed by atoms with E-state index in [2.05, 4.69) is 5.32 Å². The van der Waals surface area contributed by atoms with E-state index in [-0.39, 0.29) is 11.3 Å². The summed E-state index contributed by atoms with van der Waals surface area (Å²) >= 11 is 0. The highest BCUT2D eigenvalue weighted by Crippen LogP contribution is 2.32. The zero-order valence-corrected chi connectivity index (χ0v) is 10.8. The molecule has 0 bridgehead atoms. The fraction of sp³-hybridized carbons (Fsp3) is 0.500. The summed E-state index contributed by atoms with van der Waals surface area (Å²) < 4.78 is 37.7. The first-order chi connectivity index (χ1) is 9.38. The number of carbonyl (C=O) groups is 1. The maximum absolute atomic E-state index is 12.6. The summed E-state index contributed by atoms with van der Waals surface area (Å²) in [5, 5.41) is 11.9. The molecule has 1 saturated carbocycles. The van der Waals surface area contributed by atoms with E-state index in [0.717, 1.165) is 12.5 Å². The Balaban J connectivity index is 2.08. The molecule has 1 aromatic rings. The summed E-state index contributed by atoms with van der Waals surface area (Å²) in [5.41, 5.74) is -1.04. The summed E-state index contributed by atoms with van der Waals surface area (Å²) in [6.45, 7) is 0.580. The monoisotopic (exact) mass is 287 g/mol. The zero-order valence-electron chi connectivity index (χ0n) is 10.8. The molecule has 0 radical (unpaired) electrons. The van der Waals surface area contributed by atoms with E-state index >= 15 is 0 Å². The molecule has 0 aromatic heterocycles. The van der Waals surface area contributed by atoms with Gasteiger partial charge in [0.15, 0.2) is 0 Å². The average Bonchev–Trinajstić information content (AvgIpc) is 2.31. The van der Waals surface area contributed by atoms with Gasteiger partial charge in [0.05, 0.1) is 11.1 Å². The molecule has 6 heteroatoms. The van der Waals surface area contributed by atoms with Crippen LogP contribution in [0.5, 0.6) is 0 Å². The molecule has 0 saturated heterocycles. The maximum Gasteiger partial charge on any atom is 0.416 e. The Bertz CT molecular complexity index is 496. The third-order valence-electron chi connectivity index (χ3n) is 3.67. The SMILES string of the molecule is O=C(O)c1cc(C(F)(F)F)ccc1NCCC1CCC1. The van der Waals surface area contributed by atoms with Crippen molar-refractivity contribution in [1.29, 1.82) is 0 Å². The van der Waals surface area contributed by atoms with Crippen LogP contribution in [0.25, 0.3) is 0 Å². The average molecular weight is 287 g/mol. The fourth-order valence-electron chi connectivity index (χ4n) is 2.24. The normalized spacial score (nSPS) is 15.8. The van der Waals surface area contributed by atoms with Gasteiger partial charge in [0.2, 0.25) is 0 Å². The van der Waals surface area contributed by atoms with Crippen LogP contribution in [0.15, 0.2) is 18.2 Å². The minimum Gasteiger partial charge on any atom is -0.478 e. The second kappa shape index (κ2) is 5.73. The van der Waals surface area contributed by atoms with Crippen LogP contribution in [0.2, 0.25) is 0 Å². The standard InChI is InChI=1S/C14H16F3NO2/c15-14(16,17)10-4-5-12(11(8-10)13(19)20)18-7-6-9-2-1-3-9/h4-5,8-9,18H,1-3,6-7H2,(H,19,20). The van der Waals surface area contributed by atoms with Gasteiger partial charge in [-0.1, -0.05) is 19.3 Å². The highest BCUT2D eigenvalue weighted by molar-refractivity contribution is 5.94. The Hall–Kier alpha value is -1.72. The predicted octanol–water partition coefficient (Wildman–Crippen LogP) is 4.01. The smallest absolute Gasteiger partial charge is 0.416 e. The number of carboxylic acids is 1. The first-order valence-electron chi connectivity index (χ1n) is 6.56. The van der Waals surface area contributed by atoms with Crippen LogP contribution in [-0.2, 0) is 6.18 Å². The number of aromatic carboxylic acids is 1. The van der Waals surface area contributed by atoms with E-state index in [1.54, 1.807) is 0 Å². The van der Waals surface area contributed by atoms with Crippen molar-refractivity contribution in [2.75, 3.05) is 11.9 Å². The van der Waals surface area contributed by atoms with E-state index in [1.807, 2.05) is 0 Å². The van der Waals surface area contributed by atoms with Crippen molar-refractivity contribution >= 4 is 11.7 Å². The minimum atomic E-state index is -4.53. The number of hydrogen-bond donors (Lipinski definition) is 2. The van der Waals surface area contributed by atoms with Gasteiger partial charge in [0.25, 0.3) is 0 Å². The van der Waals surface area contributed by atoms with E-state index < -0.39 is 17.7 Å². The number of alkyl halides is 3. The van der Waals surface area contributed by atoms with E-state index in [1.165, 1.54) is 25.3 Å². The van der Waals surface area contributed by atoms with Crippen molar-refractivity contribution in [3.63, 3.8) is 0 Å². The molecule has 2 N–H and O–H groups in total. The lowest BCUT2D eigenvalue weighted by molar-refractivity contribution is -0.137. The largest absolute Gasteiger partial charge is 0.478 e. The first-order valence-corrected chi connectivity index (χ1v) is 6.56. The predicted molar refractivity (Wildman–Crippen MR) is 68.9 cm³/mol. The van der Waals surface area contributed by atoms with Crippen molar-refractivity contribution in [3.05, 3.63) is 29.3 Å². The Kier molecular flexibility index (Phi) is 4.20. The maximum atomic E-state index is 12.6. The van der Waals surface area contributed by atoms with Gasteiger partial charge in [-0.2, -0.15) is 13.2 Å². The van der Waals surface area contributed by atoms with Crippen LogP contribution in [0.4, 0.5) is 18.9 Å². The van der Waals surface area contributed by atoms with Gasteiger partial charge < -0.3 is 10.4 Å². The highest BCUT2D eigenvalue weighted by atomic mass is 19.4. The molecule has 0 spiro atoms. The molecule has 0 atom stereocenters. The highest BCUT2D eigenvalue weighted by Gasteiger charge is 2.31. The molecule has 110 valence electrons. The number of rotatable bonds is 5. The second-order valence-corrected chi connectivity index (χ2v) is 5.08. The Labute approximate surface area is 114 Å². The Morgan fingerprint density at radius 3 is 2.55 bits per heavy atom. The van der Waals surface area contributed by atoms with Crippen molar-refractivity contribution in [2.24, 2.45) is 5.92 Å². The summed E-state index contributed by atoms with van der Waals surface area (Å²) in [4.78, 5) is 11.1. The van der Waals surface area contributed by atoms with Crippen LogP contribution in [-0.4, -0.2) is 17.6 Å². The van der Waals surface area contributed by atoms with E-state index in [4.69, 9.17) is 5.11 Å². The Morgan fingerprint density at radius 1 is 1.35 bits per heavy atom. The quantitative estimate of drug-likeness (QED) is 0.860. The van der Waals surface area contributed by atoms with Gasteiger partial charge in [0, 0.05) is 12.2 Å². The van der Waals surface area contributed by atoms with E-state index in [0.29, 0.717) is 18.5 Å².